The van der Waals surface area contributed by atoms with E-state index < -0.39 is 0 Å². The van der Waals surface area contributed by atoms with Crippen LogP contribution in [0, 0.1) is 10.2 Å². The van der Waals surface area contributed by atoms with E-state index in [0.29, 0.717) is 16.6 Å². The summed E-state index contributed by atoms with van der Waals surface area (Å²) in [4.78, 5) is 0. The van der Waals surface area contributed by atoms with E-state index in [1.165, 1.54) is 19.3 Å². The second kappa shape index (κ2) is 4.30. The lowest BCUT2D eigenvalue weighted by molar-refractivity contribution is 0.133. The van der Waals surface area contributed by atoms with Gasteiger partial charge in [-0.15, -0.1) is 0 Å². The molecule has 2 N–H and O–H groups in total. The quantitative estimate of drug-likeness (QED) is 0.782. The van der Waals surface area contributed by atoms with Gasteiger partial charge in [0.25, 0.3) is 0 Å². The zero-order chi connectivity index (χ0) is 11.8. The number of aliphatic hydroxyl groups is 1. The van der Waals surface area contributed by atoms with Gasteiger partial charge in [0.15, 0.2) is 10.6 Å². The van der Waals surface area contributed by atoms with E-state index in [2.05, 4.69) is 24.0 Å². The molecule has 0 bridgehead atoms. The van der Waals surface area contributed by atoms with E-state index in [-0.39, 0.29) is 12.0 Å². The highest BCUT2D eigenvalue weighted by molar-refractivity contribution is 7.71. The number of aromatic amines is 1. The standard InChI is InChI=1S/C11H19N3OS/c1-11(2)6-4-3-5-8(11)14-9(7-15)12-13-10(14)16/h8,15H,3-7H2,1-2H3,(H,13,16). The summed E-state index contributed by atoms with van der Waals surface area (Å²) in [6.45, 7) is 4.49. The molecule has 0 saturated heterocycles. The maximum absolute atomic E-state index is 9.28. The minimum absolute atomic E-state index is 0.0558. The van der Waals surface area contributed by atoms with E-state index in [9.17, 15) is 5.11 Å². The van der Waals surface area contributed by atoms with Crippen LogP contribution in [0.25, 0.3) is 0 Å². The van der Waals surface area contributed by atoms with Crippen molar-refractivity contribution in [2.75, 3.05) is 0 Å². The van der Waals surface area contributed by atoms with E-state index in [4.69, 9.17) is 12.2 Å². The van der Waals surface area contributed by atoms with E-state index >= 15 is 0 Å². The molecule has 2 rings (SSSR count). The van der Waals surface area contributed by atoms with Gasteiger partial charge in [0.1, 0.15) is 6.61 Å². The molecule has 1 atom stereocenters. The van der Waals surface area contributed by atoms with Gasteiger partial charge in [-0.25, -0.2) is 0 Å². The van der Waals surface area contributed by atoms with E-state index in [1.54, 1.807) is 0 Å². The molecule has 1 aromatic heterocycles. The molecule has 1 aliphatic carbocycles. The minimum Gasteiger partial charge on any atom is -0.388 e. The first-order valence-corrected chi connectivity index (χ1v) is 6.24. The minimum atomic E-state index is -0.0558. The Morgan fingerprint density at radius 3 is 2.94 bits per heavy atom. The predicted octanol–water partition coefficient (Wildman–Crippen LogP) is 2.57. The summed E-state index contributed by atoms with van der Waals surface area (Å²) >= 11 is 5.26. The third-order valence-corrected chi connectivity index (χ3v) is 3.97. The zero-order valence-corrected chi connectivity index (χ0v) is 10.7. The van der Waals surface area contributed by atoms with E-state index in [0.717, 1.165) is 6.42 Å². The number of hydrogen-bond acceptors (Lipinski definition) is 3. The molecule has 0 aliphatic heterocycles. The Bertz CT molecular complexity index is 421. The fourth-order valence-corrected chi connectivity index (χ4v) is 3.00. The predicted molar refractivity (Wildman–Crippen MR) is 64.6 cm³/mol. The molecule has 1 saturated carbocycles. The van der Waals surface area contributed by atoms with Crippen LogP contribution in [-0.2, 0) is 6.61 Å². The summed E-state index contributed by atoms with van der Waals surface area (Å²) in [5.41, 5.74) is 0.226. The molecule has 4 nitrogen and oxygen atoms in total. The topological polar surface area (TPSA) is 53.8 Å². The summed E-state index contributed by atoms with van der Waals surface area (Å²) in [7, 11) is 0. The van der Waals surface area contributed by atoms with Crippen LogP contribution in [0.15, 0.2) is 0 Å². The van der Waals surface area contributed by atoms with E-state index in [1.807, 2.05) is 4.57 Å². The zero-order valence-electron chi connectivity index (χ0n) is 9.86. The van der Waals surface area contributed by atoms with Gasteiger partial charge in [-0.1, -0.05) is 26.7 Å². The van der Waals surface area contributed by atoms with Gasteiger partial charge in [-0.3, -0.25) is 9.67 Å². The molecule has 1 fully saturated rings. The molecule has 1 aliphatic rings. The Morgan fingerprint density at radius 1 is 1.56 bits per heavy atom. The van der Waals surface area contributed by atoms with Crippen LogP contribution < -0.4 is 0 Å². The van der Waals surface area contributed by atoms with Crippen molar-refractivity contribution in [2.24, 2.45) is 5.41 Å². The van der Waals surface area contributed by atoms with Crippen molar-refractivity contribution in [3.8, 4) is 0 Å². The van der Waals surface area contributed by atoms with Crippen molar-refractivity contribution in [2.45, 2.75) is 52.2 Å². The van der Waals surface area contributed by atoms with Crippen molar-refractivity contribution < 1.29 is 5.11 Å². The first-order chi connectivity index (χ1) is 7.56. The number of nitrogens with one attached hydrogen (secondary N) is 1. The second-order valence-electron chi connectivity index (χ2n) is 5.22. The number of hydrogen-bond donors (Lipinski definition) is 2. The Balaban J connectivity index is 2.42. The molecule has 5 heteroatoms. The van der Waals surface area contributed by atoms with Gasteiger partial charge in [-0.05, 0) is 30.5 Å². The van der Waals surface area contributed by atoms with Gasteiger partial charge in [0, 0.05) is 6.04 Å². The van der Waals surface area contributed by atoms with Gasteiger partial charge < -0.3 is 5.11 Å². The molecule has 1 unspecified atom stereocenters. The highest BCUT2D eigenvalue weighted by atomic mass is 32.1. The lowest BCUT2D eigenvalue weighted by atomic mass is 9.73. The maximum Gasteiger partial charge on any atom is 0.195 e. The molecule has 1 aromatic rings. The van der Waals surface area contributed by atoms with Gasteiger partial charge in [0.05, 0.1) is 0 Å². The average Bonchev–Trinajstić information content (AvgIpc) is 2.59. The van der Waals surface area contributed by atoms with Crippen molar-refractivity contribution in [1.29, 1.82) is 0 Å². The molecule has 1 heterocycles. The number of rotatable bonds is 2. The van der Waals surface area contributed by atoms with Crippen LogP contribution in [0.4, 0.5) is 0 Å². The Kier molecular flexibility index (Phi) is 3.17. The van der Waals surface area contributed by atoms with Crippen LogP contribution in [-0.4, -0.2) is 19.9 Å². The molecule has 0 aromatic carbocycles. The molecular formula is C11H19N3OS. The lowest BCUT2D eigenvalue weighted by Crippen LogP contribution is -2.31. The second-order valence-corrected chi connectivity index (χ2v) is 5.61. The van der Waals surface area contributed by atoms with Crippen LogP contribution in [0.3, 0.4) is 0 Å². The summed E-state index contributed by atoms with van der Waals surface area (Å²) in [6.07, 6.45) is 4.83. The summed E-state index contributed by atoms with van der Waals surface area (Å²) in [6, 6.07) is 0.356. The fraction of sp³-hybridized carbons (Fsp3) is 0.818. The van der Waals surface area contributed by atoms with Crippen LogP contribution in [0.1, 0.15) is 51.4 Å². The first-order valence-electron chi connectivity index (χ1n) is 5.83. The van der Waals surface area contributed by atoms with Gasteiger partial charge in [0.2, 0.25) is 0 Å². The molecule has 90 valence electrons. The smallest absolute Gasteiger partial charge is 0.195 e. The third-order valence-electron chi connectivity index (χ3n) is 3.68. The highest BCUT2D eigenvalue weighted by Crippen LogP contribution is 2.44. The number of aromatic nitrogens is 3. The first kappa shape index (κ1) is 11.8. The normalized spacial score (nSPS) is 24.6. The molecule has 0 radical (unpaired) electrons. The summed E-state index contributed by atoms with van der Waals surface area (Å²) in [5.74, 6) is 0.657. The van der Waals surface area contributed by atoms with Crippen LogP contribution >= 0.6 is 12.2 Å². The summed E-state index contributed by atoms with van der Waals surface area (Å²) < 4.78 is 2.64. The average molecular weight is 241 g/mol. The number of aliphatic hydroxyl groups excluding tert-OH is 1. The number of nitrogens with zero attached hydrogens (tertiary/aromatic N) is 2. The fourth-order valence-electron chi connectivity index (χ4n) is 2.72. The van der Waals surface area contributed by atoms with Crippen molar-refractivity contribution in [1.82, 2.24) is 14.8 Å². The monoisotopic (exact) mass is 241 g/mol. The molecule has 16 heavy (non-hydrogen) atoms. The Hall–Kier alpha value is -0.680. The van der Waals surface area contributed by atoms with Crippen LogP contribution in [0.2, 0.25) is 0 Å². The Morgan fingerprint density at radius 2 is 2.31 bits per heavy atom. The van der Waals surface area contributed by atoms with Crippen molar-refractivity contribution in [3.63, 3.8) is 0 Å². The number of H-pyrrole nitrogens is 1. The van der Waals surface area contributed by atoms with Crippen molar-refractivity contribution in [3.05, 3.63) is 10.6 Å². The molecular weight excluding hydrogens is 222 g/mol. The molecule has 0 amide bonds. The molecule has 0 spiro atoms. The van der Waals surface area contributed by atoms with Crippen LogP contribution in [0.5, 0.6) is 0 Å². The van der Waals surface area contributed by atoms with Crippen molar-refractivity contribution >= 4 is 12.2 Å². The third kappa shape index (κ3) is 1.94. The Labute approximate surface area is 101 Å². The lowest BCUT2D eigenvalue weighted by Gasteiger charge is -2.39. The SMILES string of the molecule is CC1(C)CCCCC1n1c(CO)n[nH]c1=S. The highest BCUT2D eigenvalue weighted by Gasteiger charge is 2.35. The largest absolute Gasteiger partial charge is 0.388 e. The van der Waals surface area contributed by atoms with Gasteiger partial charge in [-0.2, -0.15) is 5.10 Å². The summed E-state index contributed by atoms with van der Waals surface area (Å²) in [5, 5.41) is 16.1. The van der Waals surface area contributed by atoms with Gasteiger partial charge >= 0.3 is 0 Å². The maximum atomic E-state index is 9.28.